The minimum Gasteiger partial charge on any atom is -0.267 e. The van der Waals surface area contributed by atoms with Gasteiger partial charge in [0.05, 0.1) is 16.3 Å². The maximum atomic E-state index is 12.8. The summed E-state index contributed by atoms with van der Waals surface area (Å²) in [6.45, 7) is 2.78. The quantitative estimate of drug-likeness (QED) is 0.631. The highest BCUT2D eigenvalue weighted by atomic mass is 32.2. The number of hydrogen-bond donors (Lipinski definition) is 1. The Morgan fingerprint density at radius 1 is 1.11 bits per heavy atom. The van der Waals surface area contributed by atoms with Gasteiger partial charge in [-0.1, -0.05) is 18.6 Å². The first-order valence-electron chi connectivity index (χ1n) is 8.85. The Morgan fingerprint density at radius 3 is 2.59 bits per heavy atom. The smallest absolute Gasteiger partial charge is 0.267 e. The summed E-state index contributed by atoms with van der Waals surface area (Å²) in [5, 5.41) is 4.05. The van der Waals surface area contributed by atoms with Crippen LogP contribution in [-0.2, 0) is 10.0 Å². The van der Waals surface area contributed by atoms with Gasteiger partial charge in [-0.3, -0.25) is 9.78 Å². The van der Waals surface area contributed by atoms with E-state index in [2.05, 4.69) is 15.5 Å². The third-order valence-corrected chi connectivity index (χ3v) is 6.30. The Kier molecular flexibility index (Phi) is 5.98. The lowest BCUT2D eigenvalue weighted by atomic mass is 10.2. The first-order chi connectivity index (χ1) is 13.0. The second kappa shape index (κ2) is 8.41. The van der Waals surface area contributed by atoms with E-state index in [0.717, 1.165) is 19.3 Å². The summed E-state index contributed by atoms with van der Waals surface area (Å²) >= 11 is 0. The molecule has 1 amide bonds. The highest BCUT2D eigenvalue weighted by molar-refractivity contribution is 7.89. The zero-order valence-electron chi connectivity index (χ0n) is 15.1. The Morgan fingerprint density at radius 2 is 1.89 bits per heavy atom. The number of hydrazone groups is 1. The molecule has 1 N–H and O–H groups in total. The van der Waals surface area contributed by atoms with Crippen LogP contribution >= 0.6 is 0 Å². The molecule has 2 heterocycles. The standard InChI is InChI=1S/C19H22N4O3S/c1-15(18-10-3-4-11-20-18)21-22-19(24)16-8-7-9-17(14-16)27(25,26)23-12-5-2-6-13-23/h3-4,7-11,14H,2,5-6,12-13H2,1H3,(H,22,24)/b21-15-. The van der Waals surface area contributed by atoms with E-state index >= 15 is 0 Å². The zero-order chi connectivity index (χ0) is 19.3. The number of carbonyl (C=O) groups is 1. The van der Waals surface area contributed by atoms with Crippen molar-refractivity contribution in [3.05, 3.63) is 59.9 Å². The highest BCUT2D eigenvalue weighted by Gasteiger charge is 2.26. The maximum absolute atomic E-state index is 12.8. The van der Waals surface area contributed by atoms with Crippen LogP contribution in [0.25, 0.3) is 0 Å². The van der Waals surface area contributed by atoms with E-state index in [1.807, 2.05) is 6.07 Å². The fraction of sp³-hybridized carbons (Fsp3) is 0.316. The minimum absolute atomic E-state index is 0.127. The van der Waals surface area contributed by atoms with Crippen LogP contribution in [0.2, 0.25) is 0 Å². The third kappa shape index (κ3) is 4.58. The van der Waals surface area contributed by atoms with Crippen molar-refractivity contribution in [1.82, 2.24) is 14.7 Å². The molecule has 3 rings (SSSR count). The lowest BCUT2D eigenvalue weighted by molar-refractivity contribution is 0.0954. The van der Waals surface area contributed by atoms with Gasteiger partial charge in [-0.2, -0.15) is 9.41 Å². The number of rotatable bonds is 5. The van der Waals surface area contributed by atoms with Gasteiger partial charge < -0.3 is 0 Å². The third-order valence-electron chi connectivity index (χ3n) is 4.41. The number of pyridine rings is 1. The van der Waals surface area contributed by atoms with Crippen LogP contribution in [0.15, 0.2) is 58.7 Å². The summed E-state index contributed by atoms with van der Waals surface area (Å²) in [6, 6.07) is 11.5. The molecule has 0 spiro atoms. The molecule has 0 unspecified atom stereocenters. The number of benzene rings is 1. The van der Waals surface area contributed by atoms with E-state index in [0.29, 0.717) is 24.5 Å². The largest absolute Gasteiger partial charge is 0.271 e. The van der Waals surface area contributed by atoms with Gasteiger partial charge in [-0.05, 0) is 50.1 Å². The van der Waals surface area contributed by atoms with Crippen LogP contribution in [0, 0.1) is 0 Å². The summed E-state index contributed by atoms with van der Waals surface area (Å²) in [4.78, 5) is 16.7. The number of piperidine rings is 1. The number of sulfonamides is 1. The lowest BCUT2D eigenvalue weighted by Crippen LogP contribution is -2.35. The summed E-state index contributed by atoms with van der Waals surface area (Å²) in [5.74, 6) is -0.471. The maximum Gasteiger partial charge on any atom is 0.271 e. The summed E-state index contributed by atoms with van der Waals surface area (Å²) in [6.07, 6.45) is 4.41. The van der Waals surface area contributed by atoms with Gasteiger partial charge in [0.25, 0.3) is 5.91 Å². The van der Waals surface area contributed by atoms with Crippen molar-refractivity contribution in [2.45, 2.75) is 31.1 Å². The number of carbonyl (C=O) groups excluding carboxylic acids is 1. The second-order valence-electron chi connectivity index (χ2n) is 6.35. The Hall–Kier alpha value is -2.58. The summed E-state index contributed by atoms with van der Waals surface area (Å²) in [5.41, 5.74) is 3.91. The molecule has 2 aromatic rings. The van der Waals surface area contributed by atoms with E-state index in [1.54, 1.807) is 37.4 Å². The van der Waals surface area contributed by atoms with Gasteiger partial charge in [0.1, 0.15) is 0 Å². The second-order valence-corrected chi connectivity index (χ2v) is 8.28. The minimum atomic E-state index is -3.58. The average molecular weight is 386 g/mol. The number of nitrogens with zero attached hydrogens (tertiary/aromatic N) is 3. The predicted molar refractivity (Wildman–Crippen MR) is 103 cm³/mol. The SMILES string of the molecule is C/C(=N/NC(=O)c1cccc(S(=O)(=O)N2CCCCC2)c1)c1ccccn1. The zero-order valence-corrected chi connectivity index (χ0v) is 15.9. The van der Waals surface area contributed by atoms with Crippen molar-refractivity contribution in [2.75, 3.05) is 13.1 Å². The van der Waals surface area contributed by atoms with Crippen molar-refractivity contribution in [3.8, 4) is 0 Å². The first kappa shape index (κ1) is 19.2. The van der Waals surface area contributed by atoms with E-state index in [9.17, 15) is 13.2 Å². The monoisotopic (exact) mass is 386 g/mol. The Bertz CT molecular complexity index is 936. The fourth-order valence-electron chi connectivity index (χ4n) is 2.89. The van der Waals surface area contributed by atoms with Gasteiger partial charge in [-0.25, -0.2) is 13.8 Å². The molecule has 7 nitrogen and oxygen atoms in total. The highest BCUT2D eigenvalue weighted by Crippen LogP contribution is 2.21. The van der Waals surface area contributed by atoms with Gasteiger partial charge in [0.15, 0.2) is 0 Å². The van der Waals surface area contributed by atoms with Gasteiger partial charge in [0.2, 0.25) is 10.0 Å². The van der Waals surface area contributed by atoms with Gasteiger partial charge >= 0.3 is 0 Å². The molecule has 1 fully saturated rings. The summed E-state index contributed by atoms with van der Waals surface area (Å²) in [7, 11) is -3.58. The molecule has 1 aromatic carbocycles. The molecular weight excluding hydrogens is 364 g/mol. The summed E-state index contributed by atoms with van der Waals surface area (Å²) < 4.78 is 27.0. The van der Waals surface area contributed by atoms with Crippen molar-refractivity contribution in [3.63, 3.8) is 0 Å². The van der Waals surface area contributed by atoms with Crippen LogP contribution in [0.1, 0.15) is 42.2 Å². The Labute approximate surface area is 159 Å². The molecule has 27 heavy (non-hydrogen) atoms. The molecule has 1 saturated heterocycles. The van der Waals surface area contributed by atoms with Crippen molar-refractivity contribution in [1.29, 1.82) is 0 Å². The molecule has 0 saturated carbocycles. The van der Waals surface area contributed by atoms with E-state index in [1.165, 1.54) is 16.4 Å². The van der Waals surface area contributed by atoms with E-state index < -0.39 is 15.9 Å². The Balaban J connectivity index is 1.76. The fourth-order valence-corrected chi connectivity index (χ4v) is 4.45. The van der Waals surface area contributed by atoms with E-state index in [-0.39, 0.29) is 10.5 Å². The van der Waals surface area contributed by atoms with Crippen LogP contribution < -0.4 is 5.43 Å². The van der Waals surface area contributed by atoms with Crippen molar-refractivity contribution < 1.29 is 13.2 Å². The predicted octanol–water partition coefficient (Wildman–Crippen LogP) is 2.41. The number of amides is 1. The van der Waals surface area contributed by atoms with Crippen LogP contribution in [0.3, 0.4) is 0 Å². The van der Waals surface area contributed by atoms with Gasteiger partial charge in [-0.15, -0.1) is 0 Å². The number of nitrogens with one attached hydrogen (secondary N) is 1. The number of aromatic nitrogens is 1. The molecule has 0 bridgehead atoms. The van der Waals surface area contributed by atoms with Crippen molar-refractivity contribution in [2.24, 2.45) is 5.10 Å². The molecule has 0 radical (unpaired) electrons. The lowest BCUT2D eigenvalue weighted by Gasteiger charge is -2.25. The van der Waals surface area contributed by atoms with Crippen LogP contribution in [-0.4, -0.2) is 42.4 Å². The molecule has 1 aliphatic heterocycles. The molecule has 1 aromatic heterocycles. The average Bonchev–Trinajstić information content (AvgIpc) is 2.73. The molecule has 0 atom stereocenters. The van der Waals surface area contributed by atoms with Gasteiger partial charge in [0, 0.05) is 24.8 Å². The molecular formula is C19H22N4O3S. The normalized spacial score (nSPS) is 16.1. The molecule has 1 aliphatic rings. The molecule has 8 heteroatoms. The molecule has 0 aliphatic carbocycles. The topological polar surface area (TPSA) is 91.7 Å². The van der Waals surface area contributed by atoms with E-state index in [4.69, 9.17) is 0 Å². The molecule has 142 valence electrons. The van der Waals surface area contributed by atoms with Crippen molar-refractivity contribution >= 4 is 21.6 Å². The van der Waals surface area contributed by atoms with Crippen LogP contribution in [0.4, 0.5) is 0 Å². The van der Waals surface area contributed by atoms with Crippen LogP contribution in [0.5, 0.6) is 0 Å². The number of hydrogen-bond acceptors (Lipinski definition) is 5. The first-order valence-corrected chi connectivity index (χ1v) is 10.3.